The van der Waals surface area contributed by atoms with Gasteiger partial charge in [-0.05, 0) is 50.4 Å². The van der Waals surface area contributed by atoms with E-state index in [0.717, 1.165) is 31.5 Å². The lowest BCUT2D eigenvalue weighted by Gasteiger charge is -2.32. The molecule has 6 heteroatoms. The number of hydrogen-bond acceptors (Lipinski definition) is 3. The third kappa shape index (κ3) is 7.40. The van der Waals surface area contributed by atoms with Gasteiger partial charge in [0.15, 0.2) is 5.96 Å². The number of halogens is 1. The van der Waals surface area contributed by atoms with Crippen LogP contribution in [0.3, 0.4) is 0 Å². The molecule has 0 aromatic heterocycles. The number of aliphatic imine (C=N–C) groups is 1. The van der Waals surface area contributed by atoms with Crippen molar-refractivity contribution < 1.29 is 0 Å². The molecule has 148 valence electrons. The van der Waals surface area contributed by atoms with Crippen molar-refractivity contribution in [2.75, 3.05) is 51.6 Å². The maximum absolute atomic E-state index is 6.12. The summed E-state index contributed by atoms with van der Waals surface area (Å²) in [5.74, 6) is 0.537. The summed E-state index contributed by atoms with van der Waals surface area (Å²) >= 11 is 0. The fourth-order valence-electron chi connectivity index (χ4n) is 3.29. The summed E-state index contributed by atoms with van der Waals surface area (Å²) < 4.78 is 0. The van der Waals surface area contributed by atoms with Crippen LogP contribution in [-0.4, -0.2) is 62.1 Å². The number of aryl methyl sites for hydroxylation is 2. The molecule has 1 aliphatic rings. The van der Waals surface area contributed by atoms with Gasteiger partial charge in [0.2, 0.25) is 0 Å². The molecule has 0 unspecified atom stereocenters. The monoisotopic (exact) mass is 473 g/mol. The van der Waals surface area contributed by atoms with E-state index >= 15 is 0 Å². The number of unbranched alkanes of at least 4 members (excludes halogenated alkanes) is 1. The van der Waals surface area contributed by atoms with Crippen molar-refractivity contribution in [2.45, 2.75) is 39.5 Å². The Balaban J connectivity index is 0.00000338. The number of nitrogens with one attached hydrogen (secondary N) is 1. The second-order valence-corrected chi connectivity index (χ2v) is 6.90. The third-order valence-corrected chi connectivity index (χ3v) is 5.01. The lowest BCUT2D eigenvalue weighted by molar-refractivity contribution is 0.152. The van der Waals surface area contributed by atoms with Crippen molar-refractivity contribution in [3.05, 3.63) is 29.3 Å². The number of guanidine groups is 1. The van der Waals surface area contributed by atoms with Crippen LogP contribution in [0.5, 0.6) is 0 Å². The van der Waals surface area contributed by atoms with E-state index in [1.165, 1.54) is 50.3 Å². The van der Waals surface area contributed by atoms with E-state index in [0.29, 0.717) is 5.96 Å². The number of anilines is 1. The van der Waals surface area contributed by atoms with Crippen LogP contribution in [0.25, 0.3) is 0 Å². The van der Waals surface area contributed by atoms with Crippen molar-refractivity contribution in [1.29, 1.82) is 0 Å². The molecule has 2 rings (SSSR count). The molecule has 1 aliphatic heterocycles. The normalized spacial score (nSPS) is 16.3. The quantitative estimate of drug-likeness (QED) is 0.264. The summed E-state index contributed by atoms with van der Waals surface area (Å²) in [6, 6.07) is 6.43. The van der Waals surface area contributed by atoms with Gasteiger partial charge in [0.05, 0.1) is 0 Å². The first-order chi connectivity index (χ1) is 12.1. The maximum Gasteiger partial charge on any atom is 0.193 e. The van der Waals surface area contributed by atoms with E-state index in [2.05, 4.69) is 59.2 Å². The Hall–Kier alpha value is -0.860. The van der Waals surface area contributed by atoms with Crippen LogP contribution in [0.1, 0.15) is 37.8 Å². The molecule has 0 amide bonds. The molecule has 26 heavy (non-hydrogen) atoms. The number of nitrogens with zero attached hydrogens (tertiary/aromatic N) is 3. The zero-order valence-corrected chi connectivity index (χ0v) is 19.0. The summed E-state index contributed by atoms with van der Waals surface area (Å²) in [7, 11) is 2.20. The zero-order valence-electron chi connectivity index (χ0n) is 16.6. The molecule has 1 aromatic rings. The van der Waals surface area contributed by atoms with E-state index in [9.17, 15) is 0 Å². The van der Waals surface area contributed by atoms with Gasteiger partial charge in [-0.15, -0.1) is 24.0 Å². The summed E-state index contributed by atoms with van der Waals surface area (Å²) in [6.45, 7) is 11.1. The fraction of sp³-hybridized carbons (Fsp3) is 0.650. The Morgan fingerprint density at radius 3 is 2.27 bits per heavy atom. The van der Waals surface area contributed by atoms with Crippen LogP contribution in [-0.2, 0) is 12.8 Å². The zero-order chi connectivity index (χ0) is 18.1. The Morgan fingerprint density at radius 1 is 1.08 bits per heavy atom. The first kappa shape index (κ1) is 23.2. The van der Waals surface area contributed by atoms with E-state index < -0.39 is 0 Å². The van der Waals surface area contributed by atoms with Crippen molar-refractivity contribution in [2.24, 2.45) is 10.7 Å². The summed E-state index contributed by atoms with van der Waals surface area (Å²) in [5, 5.41) is 3.34. The molecule has 0 radical (unpaired) electrons. The maximum atomic E-state index is 6.12. The molecular weight excluding hydrogens is 437 g/mol. The molecule has 5 nitrogen and oxygen atoms in total. The Bertz CT molecular complexity index is 531. The largest absolute Gasteiger partial charge is 0.370 e. The SMILES string of the molecule is CCc1cccc(CC)c1NC(N)=NCCCCN1CCN(C)CC1.I. The average molecular weight is 473 g/mol. The number of benzene rings is 1. The predicted molar refractivity (Wildman–Crippen MR) is 124 cm³/mol. The average Bonchev–Trinajstić information content (AvgIpc) is 2.63. The topological polar surface area (TPSA) is 56.9 Å². The van der Waals surface area contributed by atoms with Crippen LogP contribution in [0.4, 0.5) is 5.69 Å². The molecule has 1 saturated heterocycles. The minimum Gasteiger partial charge on any atom is -0.370 e. The van der Waals surface area contributed by atoms with Gasteiger partial charge in [-0.1, -0.05) is 32.0 Å². The molecule has 1 fully saturated rings. The smallest absolute Gasteiger partial charge is 0.193 e. The van der Waals surface area contributed by atoms with Crippen molar-refractivity contribution in [1.82, 2.24) is 9.80 Å². The summed E-state index contributed by atoms with van der Waals surface area (Å²) in [4.78, 5) is 9.47. The number of para-hydroxylation sites is 1. The molecule has 0 bridgehead atoms. The fourth-order valence-corrected chi connectivity index (χ4v) is 3.29. The lowest BCUT2D eigenvalue weighted by Crippen LogP contribution is -2.44. The number of piperazine rings is 1. The number of likely N-dealkylation sites (N-methyl/N-ethyl adjacent to an activating group) is 1. The van der Waals surface area contributed by atoms with Gasteiger partial charge in [0.25, 0.3) is 0 Å². The molecule has 1 heterocycles. The Kier molecular flexibility index (Phi) is 11.2. The second-order valence-electron chi connectivity index (χ2n) is 6.90. The molecule has 0 atom stereocenters. The third-order valence-electron chi connectivity index (χ3n) is 5.01. The molecule has 3 N–H and O–H groups in total. The van der Waals surface area contributed by atoms with Gasteiger partial charge in [-0.3, -0.25) is 4.99 Å². The highest BCUT2D eigenvalue weighted by atomic mass is 127. The lowest BCUT2D eigenvalue weighted by atomic mass is 10.0. The minimum absolute atomic E-state index is 0. The highest BCUT2D eigenvalue weighted by Crippen LogP contribution is 2.22. The Labute approximate surface area is 176 Å². The van der Waals surface area contributed by atoms with Gasteiger partial charge in [-0.2, -0.15) is 0 Å². The minimum atomic E-state index is 0. The van der Waals surface area contributed by atoms with E-state index in [-0.39, 0.29) is 24.0 Å². The first-order valence-electron chi connectivity index (χ1n) is 9.72. The molecule has 0 aliphatic carbocycles. The molecule has 0 spiro atoms. The molecule has 1 aromatic carbocycles. The van der Waals surface area contributed by atoms with Gasteiger partial charge in [0, 0.05) is 38.4 Å². The van der Waals surface area contributed by atoms with Crippen LogP contribution < -0.4 is 11.1 Å². The molecule has 0 saturated carbocycles. The second kappa shape index (κ2) is 12.5. The first-order valence-corrected chi connectivity index (χ1v) is 9.72. The van der Waals surface area contributed by atoms with Gasteiger partial charge in [0.1, 0.15) is 0 Å². The van der Waals surface area contributed by atoms with Crippen LogP contribution in [0.15, 0.2) is 23.2 Å². The highest BCUT2D eigenvalue weighted by Gasteiger charge is 2.12. The van der Waals surface area contributed by atoms with Crippen molar-refractivity contribution >= 4 is 35.6 Å². The van der Waals surface area contributed by atoms with Gasteiger partial charge >= 0.3 is 0 Å². The van der Waals surface area contributed by atoms with Crippen LogP contribution >= 0.6 is 24.0 Å². The van der Waals surface area contributed by atoms with E-state index in [1.807, 2.05) is 0 Å². The van der Waals surface area contributed by atoms with E-state index in [1.54, 1.807) is 0 Å². The van der Waals surface area contributed by atoms with E-state index in [4.69, 9.17) is 5.73 Å². The van der Waals surface area contributed by atoms with Gasteiger partial charge < -0.3 is 20.9 Å². The summed E-state index contributed by atoms with van der Waals surface area (Å²) in [5.41, 5.74) is 9.86. The highest BCUT2D eigenvalue weighted by molar-refractivity contribution is 14.0. The van der Waals surface area contributed by atoms with Crippen LogP contribution in [0.2, 0.25) is 0 Å². The van der Waals surface area contributed by atoms with Gasteiger partial charge in [-0.25, -0.2) is 0 Å². The Morgan fingerprint density at radius 2 is 1.69 bits per heavy atom. The van der Waals surface area contributed by atoms with Crippen molar-refractivity contribution in [3.63, 3.8) is 0 Å². The summed E-state index contributed by atoms with van der Waals surface area (Å²) in [6.07, 6.45) is 4.26. The number of hydrogen-bond donors (Lipinski definition) is 2. The standard InChI is InChI=1S/C20H35N5.HI/c1-4-17-9-8-10-18(5-2)19(17)23-20(21)22-11-6-7-12-25-15-13-24(3)14-16-25;/h8-10H,4-7,11-16H2,1-3H3,(H3,21,22,23);1H. The molecular formula is C20H36IN5. The predicted octanol–water partition coefficient (Wildman–Crippen LogP) is 3.18. The number of rotatable bonds is 8. The number of nitrogens with two attached hydrogens (primary N) is 1. The van der Waals surface area contributed by atoms with Crippen LogP contribution in [0, 0.1) is 0 Å². The van der Waals surface area contributed by atoms with Crippen molar-refractivity contribution in [3.8, 4) is 0 Å².